The van der Waals surface area contributed by atoms with Gasteiger partial charge < -0.3 is 10.1 Å². The van der Waals surface area contributed by atoms with Crippen LogP contribution in [0.15, 0.2) is 4.99 Å². The Bertz CT molecular complexity index is 404. The fourth-order valence-electron chi connectivity index (χ4n) is 1.60. The largest absolute Gasteiger partial charge is 0.383 e. The lowest BCUT2D eigenvalue weighted by Gasteiger charge is -2.15. The summed E-state index contributed by atoms with van der Waals surface area (Å²) in [6.45, 7) is 7.21. The molecule has 0 bridgehead atoms. The molecule has 0 saturated heterocycles. The maximum Gasteiger partial charge on any atom is 0.206 e. The molecule has 0 fully saturated rings. The Balaban J connectivity index is 2.64. The van der Waals surface area contributed by atoms with E-state index in [2.05, 4.69) is 27.6 Å². The molecule has 1 unspecified atom stereocenters. The van der Waals surface area contributed by atoms with E-state index in [0.29, 0.717) is 19.1 Å². The lowest BCUT2D eigenvalue weighted by Crippen LogP contribution is -2.42. The molecular weight excluding hydrogens is 250 g/mol. The highest BCUT2D eigenvalue weighted by atomic mass is 32.1. The summed E-state index contributed by atoms with van der Waals surface area (Å²) in [7, 11) is 1.64. The number of nitrogens with zero attached hydrogens (tertiary/aromatic N) is 2. The molecule has 1 atom stereocenters. The topological polar surface area (TPSA) is 84.6 Å². The minimum absolute atomic E-state index is 0.119. The van der Waals surface area contributed by atoms with Gasteiger partial charge in [0.15, 0.2) is 0 Å². The highest BCUT2D eigenvalue weighted by molar-refractivity contribution is 7.11. The second kappa shape index (κ2) is 7.30. The van der Waals surface area contributed by atoms with Crippen LogP contribution in [0.4, 0.5) is 0 Å². The van der Waals surface area contributed by atoms with Crippen LogP contribution in [-0.4, -0.2) is 31.2 Å². The third-order valence-electron chi connectivity index (χ3n) is 2.39. The van der Waals surface area contributed by atoms with E-state index in [4.69, 9.17) is 10.6 Å². The molecule has 0 aromatic carbocycles. The van der Waals surface area contributed by atoms with Crippen molar-refractivity contribution in [2.24, 2.45) is 10.8 Å². The van der Waals surface area contributed by atoms with Gasteiger partial charge in [0.25, 0.3) is 0 Å². The van der Waals surface area contributed by atoms with Crippen LogP contribution in [-0.2, 0) is 4.74 Å². The smallest absolute Gasteiger partial charge is 0.206 e. The van der Waals surface area contributed by atoms with Crippen molar-refractivity contribution < 1.29 is 4.74 Å². The molecule has 1 heterocycles. The molecule has 0 aliphatic heterocycles. The first-order valence-electron chi connectivity index (χ1n) is 5.79. The van der Waals surface area contributed by atoms with Crippen molar-refractivity contribution in [1.29, 1.82) is 0 Å². The lowest BCUT2D eigenvalue weighted by molar-refractivity contribution is 0.208. The number of aromatic nitrogens is 1. The van der Waals surface area contributed by atoms with Crippen molar-refractivity contribution in [2.75, 3.05) is 20.3 Å². The minimum atomic E-state index is 0.119. The molecule has 0 aliphatic rings. The molecule has 6 nitrogen and oxygen atoms in total. The molecule has 0 saturated carbocycles. The second-order valence-electron chi connectivity index (χ2n) is 3.92. The van der Waals surface area contributed by atoms with Crippen molar-refractivity contribution in [3.63, 3.8) is 0 Å². The van der Waals surface area contributed by atoms with E-state index in [1.165, 1.54) is 4.88 Å². The van der Waals surface area contributed by atoms with Gasteiger partial charge in [-0.05, 0) is 20.8 Å². The summed E-state index contributed by atoms with van der Waals surface area (Å²) in [5.41, 5.74) is 3.60. The average molecular weight is 271 g/mol. The van der Waals surface area contributed by atoms with Crippen LogP contribution in [0.1, 0.15) is 28.5 Å². The zero-order valence-electron chi connectivity index (χ0n) is 11.3. The Labute approximate surface area is 112 Å². The van der Waals surface area contributed by atoms with Gasteiger partial charge in [0.05, 0.1) is 29.9 Å². The number of methoxy groups -OCH3 is 1. The van der Waals surface area contributed by atoms with Gasteiger partial charge in [-0.15, -0.1) is 11.3 Å². The SMILES string of the molecule is COCCN=C(NN)NC(C)c1sc(C)nc1C. The Morgan fingerprint density at radius 2 is 2.28 bits per heavy atom. The zero-order chi connectivity index (χ0) is 13.5. The predicted molar refractivity (Wildman–Crippen MR) is 74.6 cm³/mol. The summed E-state index contributed by atoms with van der Waals surface area (Å²) in [6, 6.07) is 0.119. The van der Waals surface area contributed by atoms with E-state index in [0.717, 1.165) is 10.7 Å². The highest BCUT2D eigenvalue weighted by Gasteiger charge is 2.13. The number of nitrogens with two attached hydrogens (primary N) is 1. The van der Waals surface area contributed by atoms with E-state index in [-0.39, 0.29) is 6.04 Å². The number of aliphatic imine (C=N–C) groups is 1. The van der Waals surface area contributed by atoms with Crippen molar-refractivity contribution in [3.05, 3.63) is 15.6 Å². The average Bonchev–Trinajstić information content (AvgIpc) is 2.67. The summed E-state index contributed by atoms with van der Waals surface area (Å²) < 4.78 is 4.94. The molecule has 7 heteroatoms. The Hall–Kier alpha value is -1.18. The van der Waals surface area contributed by atoms with Crippen LogP contribution in [0.25, 0.3) is 0 Å². The maximum absolute atomic E-state index is 5.43. The van der Waals surface area contributed by atoms with Gasteiger partial charge in [-0.1, -0.05) is 0 Å². The van der Waals surface area contributed by atoms with Crippen LogP contribution in [0.3, 0.4) is 0 Å². The van der Waals surface area contributed by atoms with Gasteiger partial charge in [-0.2, -0.15) is 0 Å². The molecule has 0 radical (unpaired) electrons. The van der Waals surface area contributed by atoms with E-state index in [1.807, 2.05) is 13.8 Å². The van der Waals surface area contributed by atoms with Gasteiger partial charge in [-0.25, -0.2) is 15.8 Å². The normalized spacial score (nSPS) is 13.5. The lowest BCUT2D eigenvalue weighted by atomic mass is 10.2. The predicted octanol–water partition coefficient (Wildman–Crippen LogP) is 0.876. The Morgan fingerprint density at radius 3 is 2.78 bits per heavy atom. The van der Waals surface area contributed by atoms with Gasteiger partial charge in [0, 0.05) is 12.0 Å². The minimum Gasteiger partial charge on any atom is -0.383 e. The number of hydrogen-bond donors (Lipinski definition) is 3. The number of nitrogens with one attached hydrogen (secondary N) is 2. The number of hydrazine groups is 1. The van der Waals surface area contributed by atoms with Gasteiger partial charge >= 0.3 is 0 Å². The zero-order valence-corrected chi connectivity index (χ0v) is 12.1. The molecule has 1 aromatic rings. The molecule has 0 amide bonds. The number of rotatable bonds is 5. The quantitative estimate of drug-likeness (QED) is 0.243. The Kier molecular flexibility index (Phi) is 6.03. The van der Waals surface area contributed by atoms with Crippen molar-refractivity contribution in [1.82, 2.24) is 15.7 Å². The van der Waals surface area contributed by atoms with Crippen LogP contribution in [0.5, 0.6) is 0 Å². The molecule has 18 heavy (non-hydrogen) atoms. The summed E-state index contributed by atoms with van der Waals surface area (Å²) in [4.78, 5) is 9.87. The first-order valence-corrected chi connectivity index (χ1v) is 6.60. The van der Waals surface area contributed by atoms with Crippen molar-refractivity contribution in [3.8, 4) is 0 Å². The van der Waals surface area contributed by atoms with Crippen molar-refractivity contribution in [2.45, 2.75) is 26.8 Å². The van der Waals surface area contributed by atoms with E-state index >= 15 is 0 Å². The van der Waals surface area contributed by atoms with Gasteiger partial charge in [0.1, 0.15) is 0 Å². The fraction of sp³-hybridized carbons (Fsp3) is 0.636. The Morgan fingerprint density at radius 1 is 1.56 bits per heavy atom. The van der Waals surface area contributed by atoms with Gasteiger partial charge in [0.2, 0.25) is 5.96 Å². The van der Waals surface area contributed by atoms with Crippen LogP contribution >= 0.6 is 11.3 Å². The summed E-state index contributed by atoms with van der Waals surface area (Å²) in [6.07, 6.45) is 0. The third kappa shape index (κ3) is 4.25. The molecule has 0 aliphatic carbocycles. The number of aryl methyl sites for hydroxylation is 2. The van der Waals surface area contributed by atoms with E-state index < -0.39 is 0 Å². The number of thiazole rings is 1. The summed E-state index contributed by atoms with van der Waals surface area (Å²) in [5.74, 6) is 5.99. The van der Waals surface area contributed by atoms with Gasteiger partial charge in [-0.3, -0.25) is 5.43 Å². The fourth-order valence-corrected chi connectivity index (χ4v) is 2.53. The second-order valence-corrected chi connectivity index (χ2v) is 5.15. The van der Waals surface area contributed by atoms with Crippen LogP contribution in [0, 0.1) is 13.8 Å². The summed E-state index contributed by atoms with van der Waals surface area (Å²) >= 11 is 1.68. The third-order valence-corrected chi connectivity index (χ3v) is 3.64. The first-order chi connectivity index (χ1) is 8.58. The number of guanidine groups is 1. The number of hydrogen-bond acceptors (Lipinski definition) is 5. The molecular formula is C11H21N5OS. The monoisotopic (exact) mass is 271 g/mol. The first kappa shape index (κ1) is 14.9. The van der Waals surface area contributed by atoms with Crippen molar-refractivity contribution >= 4 is 17.3 Å². The molecule has 1 rings (SSSR count). The molecule has 4 N–H and O–H groups in total. The van der Waals surface area contributed by atoms with E-state index in [9.17, 15) is 0 Å². The van der Waals surface area contributed by atoms with Crippen LogP contribution in [0.2, 0.25) is 0 Å². The highest BCUT2D eigenvalue weighted by Crippen LogP contribution is 2.24. The summed E-state index contributed by atoms with van der Waals surface area (Å²) in [5, 5.41) is 4.29. The molecule has 0 spiro atoms. The molecule has 102 valence electrons. The standard InChI is InChI=1S/C11H21N5OS/c1-7-10(18-9(3)14-7)8(2)15-11(16-12)13-5-6-17-4/h8H,5-6,12H2,1-4H3,(H2,13,15,16). The van der Waals surface area contributed by atoms with E-state index in [1.54, 1.807) is 18.4 Å². The van der Waals surface area contributed by atoms with Crippen LogP contribution < -0.4 is 16.6 Å². The molecule has 1 aromatic heterocycles. The number of ether oxygens (including phenoxy) is 1. The maximum atomic E-state index is 5.43.